The lowest BCUT2D eigenvalue weighted by Gasteiger charge is -2.30. The molecule has 0 aliphatic heterocycles. The predicted molar refractivity (Wildman–Crippen MR) is 200 cm³/mol. The van der Waals surface area contributed by atoms with Gasteiger partial charge in [0.25, 0.3) is 0 Å². The molecule has 48 heavy (non-hydrogen) atoms. The minimum atomic E-state index is -0.357. The summed E-state index contributed by atoms with van der Waals surface area (Å²) in [7, 11) is 0. The molecule has 0 saturated heterocycles. The second-order valence-corrected chi connectivity index (χ2v) is 13.6. The summed E-state index contributed by atoms with van der Waals surface area (Å²) in [6.45, 7) is 0. The van der Waals surface area contributed by atoms with Gasteiger partial charge in [-0.3, -0.25) is 0 Å². The third kappa shape index (κ3) is 2.75. The Morgan fingerprint density at radius 2 is 0.938 bits per heavy atom. The Morgan fingerprint density at radius 3 is 1.69 bits per heavy atom. The van der Waals surface area contributed by atoms with Crippen molar-refractivity contribution in [3.63, 3.8) is 0 Å². The van der Waals surface area contributed by atoms with Crippen LogP contribution in [0.1, 0.15) is 22.3 Å². The molecule has 1 nitrogen and oxygen atoms in total. The standard InChI is InChI=1S/C47H27N/c1-5-18-38-31(12-1)32-13-2-6-19-39(32)47(38)40-20-7-3-14-33(40)34-25-24-29(27-41(34)47)30-16-10-22-43-45(30)37-26-23-28-11-9-17-36-35-15-4-8-21-42(35)48(43)46(37)44(28)36/h1-27H. The van der Waals surface area contributed by atoms with E-state index < -0.39 is 0 Å². The highest BCUT2D eigenvalue weighted by molar-refractivity contribution is 6.30. The number of aromatic nitrogens is 1. The summed E-state index contributed by atoms with van der Waals surface area (Å²) in [4.78, 5) is 0. The number of benzene rings is 8. The highest BCUT2D eigenvalue weighted by Gasteiger charge is 2.51. The molecule has 0 amide bonds. The number of hydrogen-bond donors (Lipinski definition) is 0. The molecule has 2 aliphatic rings. The molecule has 1 spiro atoms. The normalized spacial score (nSPS) is 14.0. The quantitative estimate of drug-likeness (QED) is 0.130. The Bertz CT molecular complexity index is 2930. The van der Waals surface area contributed by atoms with Crippen molar-refractivity contribution in [3.8, 4) is 33.4 Å². The zero-order valence-electron chi connectivity index (χ0n) is 26.0. The molecule has 8 aromatic carbocycles. The van der Waals surface area contributed by atoms with Gasteiger partial charge in [0.05, 0.1) is 22.0 Å². The minimum Gasteiger partial charge on any atom is -0.308 e. The number of nitrogens with zero attached hydrogens (tertiary/aromatic N) is 1. The van der Waals surface area contributed by atoms with Crippen LogP contribution in [-0.4, -0.2) is 4.40 Å². The zero-order chi connectivity index (χ0) is 31.1. The molecule has 2 aliphatic carbocycles. The smallest absolute Gasteiger partial charge is 0.0725 e. The highest BCUT2D eigenvalue weighted by Crippen LogP contribution is 2.63. The van der Waals surface area contributed by atoms with Crippen LogP contribution in [0.15, 0.2) is 164 Å². The number of rotatable bonds is 1. The number of hydrogen-bond acceptors (Lipinski definition) is 0. The SMILES string of the molecule is c1ccc2c(c1)-c1ccccc1C21c2ccccc2-c2ccc(-c3cccc4c3c3ccc5cccc6c7ccccc7n4c3c56)cc21. The predicted octanol–water partition coefficient (Wildman–Crippen LogP) is 12.0. The molecule has 0 atom stereocenters. The lowest BCUT2D eigenvalue weighted by Crippen LogP contribution is -2.25. The third-order valence-corrected chi connectivity index (χ3v) is 11.5. The molecule has 0 fully saturated rings. The van der Waals surface area contributed by atoms with E-state index in [9.17, 15) is 0 Å². The van der Waals surface area contributed by atoms with Crippen LogP contribution >= 0.6 is 0 Å². The molecule has 0 N–H and O–H groups in total. The van der Waals surface area contributed by atoms with E-state index >= 15 is 0 Å². The van der Waals surface area contributed by atoms with Crippen molar-refractivity contribution in [3.05, 3.63) is 186 Å². The second kappa shape index (κ2) is 8.59. The van der Waals surface area contributed by atoms with Gasteiger partial charge in [-0.05, 0) is 84.6 Å². The zero-order valence-corrected chi connectivity index (χ0v) is 26.0. The van der Waals surface area contributed by atoms with Crippen molar-refractivity contribution in [2.24, 2.45) is 0 Å². The molecule has 0 radical (unpaired) electrons. The fourth-order valence-corrected chi connectivity index (χ4v) is 9.80. The van der Waals surface area contributed by atoms with E-state index in [2.05, 4.69) is 168 Å². The maximum atomic E-state index is 2.52. The first-order chi connectivity index (χ1) is 23.8. The Hall–Kier alpha value is -6.18. The summed E-state index contributed by atoms with van der Waals surface area (Å²) in [6.07, 6.45) is 0. The Balaban J connectivity index is 1.22. The number of fused-ring (bicyclic) bond motifs is 16. The maximum Gasteiger partial charge on any atom is 0.0725 e. The molecule has 1 heteroatoms. The van der Waals surface area contributed by atoms with Gasteiger partial charge < -0.3 is 4.40 Å². The fraction of sp³-hybridized carbons (Fsp3) is 0.0213. The van der Waals surface area contributed by atoms with Crippen molar-refractivity contribution in [1.82, 2.24) is 4.40 Å². The van der Waals surface area contributed by atoms with E-state index in [0.29, 0.717) is 0 Å². The van der Waals surface area contributed by atoms with Gasteiger partial charge in [0.1, 0.15) is 0 Å². The Morgan fingerprint density at radius 1 is 0.354 bits per heavy atom. The van der Waals surface area contributed by atoms with Crippen LogP contribution in [-0.2, 0) is 5.41 Å². The van der Waals surface area contributed by atoms with Crippen molar-refractivity contribution in [2.75, 3.05) is 0 Å². The molecule has 10 aromatic rings. The van der Waals surface area contributed by atoms with Gasteiger partial charge in [0, 0.05) is 21.5 Å². The van der Waals surface area contributed by atoms with E-state index in [4.69, 9.17) is 0 Å². The molecular weight excluding hydrogens is 579 g/mol. The van der Waals surface area contributed by atoms with Crippen LogP contribution in [0.25, 0.3) is 82.2 Å². The van der Waals surface area contributed by atoms with Crippen LogP contribution in [0.5, 0.6) is 0 Å². The van der Waals surface area contributed by atoms with E-state index in [0.717, 1.165) is 0 Å². The lowest BCUT2D eigenvalue weighted by atomic mass is 9.70. The molecule has 2 aromatic heterocycles. The monoisotopic (exact) mass is 605 g/mol. The Kier molecular flexibility index (Phi) is 4.47. The first-order valence-corrected chi connectivity index (χ1v) is 16.9. The van der Waals surface area contributed by atoms with Crippen LogP contribution in [0.2, 0.25) is 0 Å². The average Bonchev–Trinajstić information content (AvgIpc) is 3.77. The topological polar surface area (TPSA) is 4.41 Å². The maximum absolute atomic E-state index is 2.52. The molecule has 0 unspecified atom stereocenters. The van der Waals surface area contributed by atoms with Crippen LogP contribution in [0.3, 0.4) is 0 Å². The summed E-state index contributed by atoms with van der Waals surface area (Å²) in [5.74, 6) is 0. The molecule has 220 valence electrons. The third-order valence-electron chi connectivity index (χ3n) is 11.5. The number of pyridine rings is 1. The second-order valence-electron chi connectivity index (χ2n) is 13.6. The van der Waals surface area contributed by atoms with Gasteiger partial charge in [-0.1, -0.05) is 146 Å². The van der Waals surface area contributed by atoms with Gasteiger partial charge in [0.15, 0.2) is 0 Å². The van der Waals surface area contributed by atoms with Gasteiger partial charge in [-0.15, -0.1) is 0 Å². The summed E-state index contributed by atoms with van der Waals surface area (Å²) >= 11 is 0. The average molecular weight is 606 g/mol. The Labute approximate surface area is 277 Å². The summed E-state index contributed by atoms with van der Waals surface area (Å²) in [5.41, 5.74) is 16.9. The highest BCUT2D eigenvalue weighted by atomic mass is 14.9. The lowest BCUT2D eigenvalue weighted by molar-refractivity contribution is 0.794. The van der Waals surface area contributed by atoms with Crippen molar-refractivity contribution < 1.29 is 0 Å². The van der Waals surface area contributed by atoms with E-state index in [1.165, 1.54) is 105 Å². The first kappa shape index (κ1) is 25.0. The fourth-order valence-electron chi connectivity index (χ4n) is 9.80. The van der Waals surface area contributed by atoms with E-state index in [1.54, 1.807) is 0 Å². The van der Waals surface area contributed by atoms with Gasteiger partial charge in [-0.2, -0.15) is 0 Å². The molecule has 0 saturated carbocycles. The van der Waals surface area contributed by atoms with Crippen LogP contribution in [0.4, 0.5) is 0 Å². The van der Waals surface area contributed by atoms with E-state index in [1.807, 2.05) is 0 Å². The van der Waals surface area contributed by atoms with E-state index in [-0.39, 0.29) is 5.41 Å². The van der Waals surface area contributed by atoms with Gasteiger partial charge >= 0.3 is 0 Å². The van der Waals surface area contributed by atoms with Crippen molar-refractivity contribution in [1.29, 1.82) is 0 Å². The minimum absolute atomic E-state index is 0.357. The van der Waals surface area contributed by atoms with Gasteiger partial charge in [-0.25, -0.2) is 0 Å². The van der Waals surface area contributed by atoms with Crippen molar-refractivity contribution in [2.45, 2.75) is 5.41 Å². The summed E-state index contributed by atoms with van der Waals surface area (Å²) < 4.78 is 2.52. The molecule has 0 bridgehead atoms. The molecular formula is C47H27N. The van der Waals surface area contributed by atoms with Crippen LogP contribution < -0.4 is 0 Å². The summed E-state index contributed by atoms with van der Waals surface area (Å²) in [6, 6.07) is 61.7. The van der Waals surface area contributed by atoms with Gasteiger partial charge in [0.2, 0.25) is 0 Å². The summed E-state index contributed by atoms with van der Waals surface area (Å²) in [5, 5.41) is 7.88. The molecule has 2 heterocycles. The first-order valence-electron chi connectivity index (χ1n) is 16.9. The number of para-hydroxylation sites is 1. The molecule has 12 rings (SSSR count). The largest absolute Gasteiger partial charge is 0.308 e. The van der Waals surface area contributed by atoms with Crippen LogP contribution in [0, 0.1) is 0 Å². The van der Waals surface area contributed by atoms with Crippen molar-refractivity contribution >= 4 is 48.9 Å².